The summed E-state index contributed by atoms with van der Waals surface area (Å²) in [6, 6.07) is 9.76. The Balaban J connectivity index is 1.88. The summed E-state index contributed by atoms with van der Waals surface area (Å²) in [7, 11) is 0. The highest BCUT2D eigenvalue weighted by Gasteiger charge is 2.23. The Kier molecular flexibility index (Phi) is 4.99. The molecule has 1 aromatic carbocycles. The number of carbonyl (C=O) groups excluding carboxylic acids is 2. The summed E-state index contributed by atoms with van der Waals surface area (Å²) in [6.45, 7) is 7.74. The summed E-state index contributed by atoms with van der Waals surface area (Å²) in [5, 5.41) is 11.5. The fraction of sp³-hybridized carbons (Fsp3) is 0.263. The van der Waals surface area contributed by atoms with Crippen LogP contribution >= 0.6 is 11.3 Å². The second kappa shape index (κ2) is 7.21. The van der Waals surface area contributed by atoms with Crippen molar-refractivity contribution < 1.29 is 9.59 Å². The lowest BCUT2D eigenvalue weighted by atomic mass is 10.1. The van der Waals surface area contributed by atoms with Crippen LogP contribution in [0.4, 0.5) is 5.13 Å². The lowest BCUT2D eigenvalue weighted by molar-refractivity contribution is -0.112. The Bertz CT molecular complexity index is 987. The molecule has 7 heteroatoms. The number of aromatic nitrogens is 3. The maximum atomic E-state index is 12.6. The molecule has 0 fully saturated rings. The fourth-order valence-corrected chi connectivity index (χ4v) is 3.55. The van der Waals surface area contributed by atoms with Crippen molar-refractivity contribution in [2.75, 3.05) is 5.32 Å². The van der Waals surface area contributed by atoms with Crippen LogP contribution in [0.3, 0.4) is 0 Å². The first-order chi connectivity index (χ1) is 12.4. The maximum Gasteiger partial charge on any atom is 0.298 e. The van der Waals surface area contributed by atoms with Gasteiger partial charge in [-0.25, -0.2) is 0 Å². The van der Waals surface area contributed by atoms with E-state index in [4.69, 9.17) is 0 Å². The van der Waals surface area contributed by atoms with Gasteiger partial charge in [-0.2, -0.15) is 0 Å². The monoisotopic (exact) mass is 368 g/mol. The van der Waals surface area contributed by atoms with Crippen molar-refractivity contribution in [2.45, 2.75) is 34.1 Å². The standard InChI is InChI=1S/C19H20N4O2S/c1-5-16-21-22-19(26-16)20-18(25)17(24)15-10-12(3)23(13(15)4)14-8-6-7-11(2)9-14/h6-10H,5H2,1-4H3,(H,20,22,25). The van der Waals surface area contributed by atoms with E-state index in [-0.39, 0.29) is 0 Å². The Labute approximate surface area is 155 Å². The van der Waals surface area contributed by atoms with Gasteiger partial charge in [-0.3, -0.25) is 14.9 Å². The molecule has 0 bridgehead atoms. The summed E-state index contributed by atoms with van der Waals surface area (Å²) in [6.07, 6.45) is 0.735. The van der Waals surface area contributed by atoms with Crippen LogP contribution in [0.1, 0.15) is 39.2 Å². The second-order valence-electron chi connectivity index (χ2n) is 6.10. The Morgan fingerprint density at radius 3 is 2.58 bits per heavy atom. The van der Waals surface area contributed by atoms with E-state index in [9.17, 15) is 9.59 Å². The number of aryl methyl sites for hydroxylation is 3. The highest BCUT2D eigenvalue weighted by molar-refractivity contribution is 7.15. The van der Waals surface area contributed by atoms with Crippen molar-refractivity contribution in [1.82, 2.24) is 14.8 Å². The van der Waals surface area contributed by atoms with E-state index in [0.29, 0.717) is 10.7 Å². The summed E-state index contributed by atoms with van der Waals surface area (Å²) in [4.78, 5) is 25.0. The molecule has 0 aliphatic rings. The van der Waals surface area contributed by atoms with Gasteiger partial charge in [0.25, 0.3) is 11.7 Å². The molecule has 134 valence electrons. The number of amides is 1. The topological polar surface area (TPSA) is 76.9 Å². The average Bonchev–Trinajstić information content (AvgIpc) is 3.18. The highest BCUT2D eigenvalue weighted by atomic mass is 32.1. The molecule has 0 aliphatic carbocycles. The van der Waals surface area contributed by atoms with E-state index in [2.05, 4.69) is 15.5 Å². The number of hydrogen-bond donors (Lipinski definition) is 1. The van der Waals surface area contributed by atoms with Crippen molar-refractivity contribution in [2.24, 2.45) is 0 Å². The van der Waals surface area contributed by atoms with Crippen molar-refractivity contribution in [3.63, 3.8) is 0 Å². The van der Waals surface area contributed by atoms with Gasteiger partial charge in [0.15, 0.2) is 0 Å². The van der Waals surface area contributed by atoms with Crippen LogP contribution in [0.15, 0.2) is 30.3 Å². The zero-order valence-electron chi connectivity index (χ0n) is 15.2. The second-order valence-corrected chi connectivity index (χ2v) is 7.16. The molecule has 3 aromatic rings. The van der Waals surface area contributed by atoms with E-state index in [0.717, 1.165) is 34.1 Å². The molecule has 3 rings (SSSR count). The number of rotatable bonds is 5. The van der Waals surface area contributed by atoms with Crippen LogP contribution in [-0.4, -0.2) is 26.5 Å². The third kappa shape index (κ3) is 3.43. The van der Waals surface area contributed by atoms with Crippen molar-refractivity contribution >= 4 is 28.2 Å². The number of nitrogens with zero attached hydrogens (tertiary/aromatic N) is 3. The van der Waals surface area contributed by atoms with E-state index in [1.807, 2.05) is 56.5 Å². The average molecular weight is 368 g/mol. The molecule has 0 spiro atoms. The predicted octanol–water partition coefficient (Wildman–Crippen LogP) is 3.64. The Morgan fingerprint density at radius 2 is 1.92 bits per heavy atom. The molecule has 26 heavy (non-hydrogen) atoms. The van der Waals surface area contributed by atoms with Crippen molar-refractivity contribution in [3.05, 3.63) is 57.9 Å². The van der Waals surface area contributed by atoms with Gasteiger partial charge in [0.05, 0.1) is 0 Å². The maximum absolute atomic E-state index is 12.6. The van der Waals surface area contributed by atoms with Gasteiger partial charge in [0.1, 0.15) is 5.01 Å². The van der Waals surface area contributed by atoms with Crippen molar-refractivity contribution in [3.8, 4) is 5.69 Å². The summed E-state index contributed by atoms with van der Waals surface area (Å²) in [5.74, 6) is -1.28. The fourth-order valence-electron chi connectivity index (χ4n) is 2.88. The molecule has 1 N–H and O–H groups in total. The first-order valence-electron chi connectivity index (χ1n) is 8.34. The van der Waals surface area contributed by atoms with Crippen LogP contribution in [0.25, 0.3) is 5.69 Å². The zero-order chi connectivity index (χ0) is 18.8. The van der Waals surface area contributed by atoms with Gasteiger partial charge in [0, 0.05) is 22.6 Å². The minimum absolute atomic E-state index is 0.340. The third-order valence-corrected chi connectivity index (χ3v) is 5.11. The zero-order valence-corrected chi connectivity index (χ0v) is 16.0. The quantitative estimate of drug-likeness (QED) is 0.551. The molecule has 2 heterocycles. The molecular weight excluding hydrogens is 348 g/mol. The summed E-state index contributed by atoms with van der Waals surface area (Å²) >= 11 is 1.27. The summed E-state index contributed by atoms with van der Waals surface area (Å²) in [5.41, 5.74) is 4.12. The number of hydrogen-bond acceptors (Lipinski definition) is 5. The SMILES string of the molecule is CCc1nnc(NC(=O)C(=O)c2cc(C)n(-c3cccc(C)c3)c2C)s1. The van der Waals surface area contributed by atoms with E-state index in [1.54, 1.807) is 6.07 Å². The lowest BCUT2D eigenvalue weighted by Gasteiger charge is -2.10. The minimum Gasteiger partial charge on any atom is -0.318 e. The molecular formula is C19H20N4O2S. The first-order valence-corrected chi connectivity index (χ1v) is 9.16. The molecule has 0 saturated carbocycles. The molecule has 0 radical (unpaired) electrons. The molecule has 0 unspecified atom stereocenters. The van der Waals surface area contributed by atoms with Gasteiger partial charge in [-0.15, -0.1) is 10.2 Å². The van der Waals surface area contributed by atoms with E-state index >= 15 is 0 Å². The molecule has 1 amide bonds. The predicted molar refractivity (Wildman–Crippen MR) is 102 cm³/mol. The van der Waals surface area contributed by atoms with Gasteiger partial charge >= 0.3 is 0 Å². The van der Waals surface area contributed by atoms with Gasteiger partial charge in [-0.1, -0.05) is 30.4 Å². The number of anilines is 1. The lowest BCUT2D eigenvalue weighted by Crippen LogP contribution is -2.23. The number of nitrogens with one attached hydrogen (secondary N) is 1. The first kappa shape index (κ1) is 18.0. The van der Waals surface area contributed by atoms with Crippen molar-refractivity contribution in [1.29, 1.82) is 0 Å². The van der Waals surface area contributed by atoms with Gasteiger partial charge in [-0.05, 0) is 51.0 Å². The molecule has 0 aliphatic heterocycles. The van der Waals surface area contributed by atoms with Gasteiger partial charge < -0.3 is 4.57 Å². The Hall–Kier alpha value is -2.80. The van der Waals surface area contributed by atoms with Gasteiger partial charge in [0.2, 0.25) is 5.13 Å². The molecule has 2 aromatic heterocycles. The molecule has 0 atom stereocenters. The summed E-state index contributed by atoms with van der Waals surface area (Å²) < 4.78 is 1.98. The number of ketones is 1. The number of carbonyl (C=O) groups is 2. The smallest absolute Gasteiger partial charge is 0.298 e. The van der Waals surface area contributed by atoms with Crippen LogP contribution in [0.2, 0.25) is 0 Å². The normalized spacial score (nSPS) is 10.8. The Morgan fingerprint density at radius 1 is 1.15 bits per heavy atom. The number of Topliss-reactive ketones (excluding diaryl/α,β-unsaturated/α-hetero) is 1. The van der Waals surface area contributed by atoms with Crippen LogP contribution < -0.4 is 5.32 Å². The molecule has 6 nitrogen and oxygen atoms in total. The van der Waals surface area contributed by atoms with E-state index < -0.39 is 11.7 Å². The number of benzene rings is 1. The molecule has 0 saturated heterocycles. The van der Waals surface area contributed by atoms with Crippen LogP contribution in [-0.2, 0) is 11.2 Å². The third-order valence-electron chi connectivity index (χ3n) is 4.13. The van der Waals surface area contributed by atoms with Crippen LogP contribution in [0, 0.1) is 20.8 Å². The van der Waals surface area contributed by atoms with E-state index in [1.165, 1.54) is 11.3 Å². The largest absolute Gasteiger partial charge is 0.318 e. The van der Waals surface area contributed by atoms with Crippen LogP contribution in [0.5, 0.6) is 0 Å². The minimum atomic E-state index is -0.701. The highest BCUT2D eigenvalue weighted by Crippen LogP contribution is 2.23.